The van der Waals surface area contributed by atoms with Crippen LogP contribution in [-0.2, 0) is 28.6 Å². The lowest BCUT2D eigenvalue weighted by Crippen LogP contribution is -2.30. The Morgan fingerprint density at radius 3 is 0.775 bits per heavy atom. The molecule has 0 spiro atoms. The zero-order valence-electron chi connectivity index (χ0n) is 51.5. The van der Waals surface area contributed by atoms with Gasteiger partial charge in [0.15, 0.2) is 6.10 Å². The molecular weight excluding hydrogens is 985 g/mol. The van der Waals surface area contributed by atoms with Crippen LogP contribution < -0.4 is 0 Å². The molecule has 0 saturated heterocycles. The molecular formula is C74H118O6. The van der Waals surface area contributed by atoms with E-state index in [1.54, 1.807) is 0 Å². The number of hydrogen-bond acceptors (Lipinski definition) is 6. The van der Waals surface area contributed by atoms with Crippen LogP contribution in [0.2, 0.25) is 0 Å². The predicted molar refractivity (Wildman–Crippen MR) is 348 cm³/mol. The molecule has 1 atom stereocenters. The minimum atomic E-state index is -0.811. The number of allylic oxidation sites excluding steroid dienone is 26. The first-order chi connectivity index (χ1) is 39.5. The number of unbranched alkanes of at least 4 members (excludes halogenated alkanes) is 20. The van der Waals surface area contributed by atoms with Crippen LogP contribution >= 0.6 is 0 Å². The van der Waals surface area contributed by atoms with Gasteiger partial charge in [-0.15, -0.1) is 0 Å². The molecule has 1 unspecified atom stereocenters. The van der Waals surface area contributed by atoms with Crippen molar-refractivity contribution in [2.45, 2.75) is 277 Å². The molecule has 0 aliphatic carbocycles. The summed E-state index contributed by atoms with van der Waals surface area (Å²) >= 11 is 0. The van der Waals surface area contributed by atoms with Gasteiger partial charge >= 0.3 is 17.9 Å². The lowest BCUT2D eigenvalue weighted by atomic mass is 10.1. The van der Waals surface area contributed by atoms with Gasteiger partial charge in [-0.3, -0.25) is 14.4 Å². The van der Waals surface area contributed by atoms with E-state index in [9.17, 15) is 14.4 Å². The molecule has 80 heavy (non-hydrogen) atoms. The normalized spacial score (nSPS) is 13.2. The molecule has 0 heterocycles. The van der Waals surface area contributed by atoms with Gasteiger partial charge in [-0.25, -0.2) is 0 Å². The van der Waals surface area contributed by atoms with Crippen LogP contribution in [0, 0.1) is 0 Å². The number of carbonyl (C=O) groups is 3. The summed E-state index contributed by atoms with van der Waals surface area (Å²) in [6.07, 6.45) is 96.7. The highest BCUT2D eigenvalue weighted by molar-refractivity contribution is 5.71. The molecule has 0 radical (unpaired) electrons. The van der Waals surface area contributed by atoms with Crippen LogP contribution in [-0.4, -0.2) is 37.2 Å². The maximum absolute atomic E-state index is 12.9. The standard InChI is InChI=1S/C74H118O6/c1-4-7-10-13-16-19-22-25-28-30-32-34-36-37-39-40-42-44-46-49-52-55-58-61-64-67-73(76)79-70-71(69-78-72(75)66-63-60-57-54-51-48-27-24-21-18-15-12-9-6-3)80-74(77)68-65-62-59-56-53-50-47-45-43-41-38-35-33-31-29-26-23-20-17-14-11-8-5-2/h7-8,10-11,16-17,19-20,24-29,32-35,37,39,41-44,47,50,71H,4-6,9,12-15,18,21-23,30-31,36,38,40,45-46,48-49,51-70H2,1-3H3/b10-7-,11-8-,19-16-,20-17-,27-24-,28-25-,29-26-,34-32-,35-33-,39-37-,43-41-,44-42-,50-47-. The molecule has 0 N–H and O–H groups in total. The smallest absolute Gasteiger partial charge is 0.306 e. The zero-order valence-corrected chi connectivity index (χ0v) is 51.5. The molecule has 6 nitrogen and oxygen atoms in total. The Morgan fingerprint density at radius 2 is 0.487 bits per heavy atom. The summed E-state index contributed by atoms with van der Waals surface area (Å²) in [5.74, 6) is -0.954. The third kappa shape index (κ3) is 63.9. The summed E-state index contributed by atoms with van der Waals surface area (Å²) in [4.78, 5) is 38.4. The lowest BCUT2D eigenvalue weighted by Gasteiger charge is -2.18. The van der Waals surface area contributed by atoms with Crippen molar-refractivity contribution in [3.05, 3.63) is 158 Å². The van der Waals surface area contributed by atoms with Crippen LogP contribution in [0.3, 0.4) is 0 Å². The van der Waals surface area contributed by atoms with E-state index in [0.717, 1.165) is 173 Å². The average Bonchev–Trinajstić information content (AvgIpc) is 3.46. The fraction of sp³-hybridized carbons (Fsp3) is 0.608. The van der Waals surface area contributed by atoms with Gasteiger partial charge in [-0.1, -0.05) is 262 Å². The van der Waals surface area contributed by atoms with Gasteiger partial charge in [0.2, 0.25) is 0 Å². The largest absolute Gasteiger partial charge is 0.462 e. The minimum Gasteiger partial charge on any atom is -0.462 e. The SMILES string of the molecule is CC/C=C\C/C=C\C/C=C\C/C=C\C/C=C\C/C=C\CCCCCCCCC(=O)OCC(COC(=O)CCCCCCC/C=C\CCCCCCC)OC(=O)CCCCCC/C=C\C/C=C\C/C=C\C/C=C\C/C=C\C/C=C\CC. The number of rotatable bonds is 57. The topological polar surface area (TPSA) is 78.9 Å². The lowest BCUT2D eigenvalue weighted by molar-refractivity contribution is -0.167. The van der Waals surface area contributed by atoms with E-state index in [1.807, 2.05) is 0 Å². The third-order valence-electron chi connectivity index (χ3n) is 13.2. The molecule has 0 rings (SSSR count). The van der Waals surface area contributed by atoms with Crippen molar-refractivity contribution in [3.8, 4) is 0 Å². The predicted octanol–water partition coefficient (Wildman–Crippen LogP) is 22.5. The van der Waals surface area contributed by atoms with Gasteiger partial charge in [0.25, 0.3) is 0 Å². The number of esters is 3. The van der Waals surface area contributed by atoms with Crippen molar-refractivity contribution >= 4 is 17.9 Å². The number of ether oxygens (including phenoxy) is 3. The Hall–Kier alpha value is -4.97. The van der Waals surface area contributed by atoms with E-state index in [0.29, 0.717) is 12.8 Å². The monoisotopic (exact) mass is 1100 g/mol. The molecule has 0 aromatic rings. The van der Waals surface area contributed by atoms with E-state index < -0.39 is 6.10 Å². The van der Waals surface area contributed by atoms with Gasteiger partial charge in [0.1, 0.15) is 13.2 Å². The van der Waals surface area contributed by atoms with Crippen molar-refractivity contribution in [2.24, 2.45) is 0 Å². The number of carbonyl (C=O) groups excluding carboxylic acids is 3. The summed E-state index contributed by atoms with van der Waals surface area (Å²) < 4.78 is 16.9. The van der Waals surface area contributed by atoms with Crippen LogP contribution in [0.4, 0.5) is 0 Å². The molecule has 0 fully saturated rings. The van der Waals surface area contributed by atoms with E-state index in [4.69, 9.17) is 14.2 Å². The second kappa shape index (κ2) is 66.5. The van der Waals surface area contributed by atoms with Crippen LogP contribution in [0.5, 0.6) is 0 Å². The number of hydrogen-bond donors (Lipinski definition) is 0. The minimum absolute atomic E-state index is 0.104. The first-order valence-corrected chi connectivity index (χ1v) is 32.5. The molecule has 0 amide bonds. The van der Waals surface area contributed by atoms with Gasteiger partial charge in [0, 0.05) is 19.3 Å². The molecule has 0 aliphatic heterocycles. The Morgan fingerprint density at radius 1 is 0.263 bits per heavy atom. The zero-order chi connectivity index (χ0) is 57.8. The summed E-state index contributed by atoms with van der Waals surface area (Å²) in [7, 11) is 0. The third-order valence-corrected chi connectivity index (χ3v) is 13.2. The van der Waals surface area contributed by atoms with Gasteiger partial charge in [0.05, 0.1) is 0 Å². The second-order valence-electron chi connectivity index (χ2n) is 20.9. The molecule has 0 aliphatic rings. The molecule has 450 valence electrons. The highest BCUT2D eigenvalue weighted by Crippen LogP contribution is 2.14. The molecule has 0 aromatic heterocycles. The van der Waals surface area contributed by atoms with Gasteiger partial charge in [-0.2, -0.15) is 0 Å². The van der Waals surface area contributed by atoms with Crippen molar-refractivity contribution in [1.82, 2.24) is 0 Å². The average molecular weight is 1100 g/mol. The fourth-order valence-electron chi connectivity index (χ4n) is 8.44. The van der Waals surface area contributed by atoms with Crippen molar-refractivity contribution in [1.29, 1.82) is 0 Å². The van der Waals surface area contributed by atoms with Gasteiger partial charge < -0.3 is 14.2 Å². The summed E-state index contributed by atoms with van der Waals surface area (Å²) in [5.41, 5.74) is 0. The fourth-order valence-corrected chi connectivity index (χ4v) is 8.44. The van der Waals surface area contributed by atoms with Crippen LogP contribution in [0.15, 0.2) is 158 Å². The summed E-state index contributed by atoms with van der Waals surface area (Å²) in [6.45, 7) is 6.36. The molecule has 0 saturated carbocycles. The van der Waals surface area contributed by atoms with E-state index in [2.05, 4.69) is 179 Å². The Kier molecular flexibility index (Phi) is 62.4. The highest BCUT2D eigenvalue weighted by atomic mass is 16.6. The van der Waals surface area contributed by atoms with E-state index >= 15 is 0 Å². The Bertz CT molecular complexity index is 1790. The van der Waals surface area contributed by atoms with Gasteiger partial charge in [-0.05, 0) is 148 Å². The van der Waals surface area contributed by atoms with Crippen LogP contribution in [0.25, 0.3) is 0 Å². The maximum Gasteiger partial charge on any atom is 0.306 e. The van der Waals surface area contributed by atoms with Crippen molar-refractivity contribution < 1.29 is 28.6 Å². The summed E-state index contributed by atoms with van der Waals surface area (Å²) in [5, 5.41) is 0. The second-order valence-corrected chi connectivity index (χ2v) is 20.9. The van der Waals surface area contributed by atoms with Crippen molar-refractivity contribution in [3.63, 3.8) is 0 Å². The van der Waals surface area contributed by atoms with E-state index in [1.165, 1.54) is 57.8 Å². The first kappa shape index (κ1) is 75.0. The molecule has 0 bridgehead atoms. The van der Waals surface area contributed by atoms with Crippen LogP contribution in [0.1, 0.15) is 271 Å². The Balaban J connectivity index is 4.48. The Labute approximate surface area is 492 Å². The van der Waals surface area contributed by atoms with E-state index in [-0.39, 0.29) is 37.5 Å². The molecule has 6 heteroatoms. The quantitative estimate of drug-likeness (QED) is 0.0261. The maximum atomic E-state index is 12.9. The highest BCUT2D eigenvalue weighted by Gasteiger charge is 2.19. The molecule has 0 aromatic carbocycles. The first-order valence-electron chi connectivity index (χ1n) is 32.5. The summed E-state index contributed by atoms with van der Waals surface area (Å²) in [6, 6.07) is 0. The van der Waals surface area contributed by atoms with Crippen molar-refractivity contribution in [2.75, 3.05) is 13.2 Å².